The summed E-state index contributed by atoms with van der Waals surface area (Å²) >= 11 is 0. The van der Waals surface area contributed by atoms with E-state index in [-0.39, 0.29) is 24.1 Å². The highest BCUT2D eigenvalue weighted by Crippen LogP contribution is 2.34. The van der Waals surface area contributed by atoms with Crippen molar-refractivity contribution in [2.75, 3.05) is 49.5 Å². The molecule has 3 aliphatic rings. The summed E-state index contributed by atoms with van der Waals surface area (Å²) in [5, 5.41) is 22.6. The van der Waals surface area contributed by atoms with Crippen molar-refractivity contribution in [1.29, 1.82) is 0 Å². The van der Waals surface area contributed by atoms with E-state index in [4.69, 9.17) is 0 Å². The summed E-state index contributed by atoms with van der Waals surface area (Å²) in [6.45, 7) is 2.61. The molecule has 3 amide bonds. The number of rotatable bonds is 12. The number of halogens is 2. The number of aromatic nitrogens is 4. The predicted molar refractivity (Wildman–Crippen MR) is 199 cm³/mol. The molecule has 0 aliphatic carbocycles. The van der Waals surface area contributed by atoms with Crippen LogP contribution in [0.5, 0.6) is 5.75 Å². The first kappa shape index (κ1) is 37.7. The number of aryl methyl sites for hydroxylation is 1. The molecule has 288 valence electrons. The number of imide groups is 1. The van der Waals surface area contributed by atoms with Gasteiger partial charge in [-0.1, -0.05) is 18.2 Å². The number of hydrogen-bond donors (Lipinski definition) is 3. The van der Waals surface area contributed by atoms with Gasteiger partial charge in [0.1, 0.15) is 11.0 Å². The average molecular weight is 766 g/mol. The zero-order chi connectivity index (χ0) is 38.0. The molecule has 0 saturated carbocycles. The molecule has 2 atom stereocenters. The number of alkyl halides is 2. The predicted octanol–water partition coefficient (Wildman–Crippen LogP) is 4.18. The van der Waals surface area contributed by atoms with Crippen LogP contribution in [0.4, 0.5) is 25.3 Å². The third-order valence-electron chi connectivity index (χ3n) is 10.3. The average Bonchev–Trinajstić information content (AvgIpc) is 3.47. The number of nitrogens with zero attached hydrogens (tertiary/aromatic N) is 7. The number of aliphatic hydroxyl groups is 1. The van der Waals surface area contributed by atoms with Gasteiger partial charge in [-0.15, -0.1) is 0 Å². The summed E-state index contributed by atoms with van der Waals surface area (Å²) in [6.07, 6.45) is 6.37. The second kappa shape index (κ2) is 16.0. The Bertz CT molecular complexity index is 2000. The monoisotopic (exact) mass is 765 g/mol. The van der Waals surface area contributed by atoms with Crippen molar-refractivity contribution in [1.82, 2.24) is 34.3 Å². The molecule has 7 rings (SSSR count). The minimum atomic E-state index is -2.94. The highest BCUT2D eigenvalue weighted by Gasteiger charge is 2.31. The molecule has 2 aromatic heterocycles. The molecular formula is C37H45F2N9O5S. The van der Waals surface area contributed by atoms with Crippen LogP contribution in [-0.4, -0.2) is 108 Å². The number of ether oxygens (including phenoxy) is 1. The number of carbonyl (C=O) groups is 2. The summed E-state index contributed by atoms with van der Waals surface area (Å²) in [6, 6.07) is 13.5. The number of carbonyl (C=O) groups excluding carboxylic acids is 2. The number of hydrogen-bond acceptors (Lipinski definition) is 10. The number of benzene rings is 2. The van der Waals surface area contributed by atoms with Crippen LogP contribution in [0.2, 0.25) is 0 Å². The molecule has 14 nitrogen and oxygen atoms in total. The molecule has 2 unspecified atom stereocenters. The topological polar surface area (TPSA) is 158 Å². The van der Waals surface area contributed by atoms with Crippen LogP contribution in [0.15, 0.2) is 59.8 Å². The van der Waals surface area contributed by atoms with Gasteiger partial charge in [-0.05, 0) is 87.0 Å². The number of amides is 3. The zero-order valence-electron chi connectivity index (χ0n) is 30.3. The van der Waals surface area contributed by atoms with Crippen molar-refractivity contribution in [2.45, 2.75) is 74.5 Å². The maximum Gasteiger partial charge on any atom is 0.387 e. The van der Waals surface area contributed by atoms with Crippen LogP contribution in [-0.2, 0) is 29.2 Å². The lowest BCUT2D eigenvalue weighted by Gasteiger charge is -2.37. The van der Waals surface area contributed by atoms with E-state index < -0.39 is 29.2 Å². The Morgan fingerprint density at radius 2 is 1.78 bits per heavy atom. The number of β-amino-alcohol motifs (C(OH)–C–C–N with tert-alkyl or cyclic N) is 1. The molecular weight excluding hydrogens is 721 g/mol. The van der Waals surface area contributed by atoms with Crippen molar-refractivity contribution in [3.05, 3.63) is 66.0 Å². The van der Waals surface area contributed by atoms with E-state index in [1.54, 1.807) is 4.68 Å². The molecule has 2 aromatic carbocycles. The summed E-state index contributed by atoms with van der Waals surface area (Å²) in [5.41, 5.74) is 2.09. The minimum Gasteiger partial charge on any atom is -0.432 e. The van der Waals surface area contributed by atoms with Gasteiger partial charge in [0.2, 0.25) is 11.9 Å². The lowest BCUT2D eigenvalue weighted by molar-refractivity contribution is -0.120. The van der Waals surface area contributed by atoms with Gasteiger partial charge in [0.15, 0.2) is 11.6 Å². The number of anilines is 2. The Hall–Kier alpha value is -4.58. The van der Waals surface area contributed by atoms with E-state index >= 15 is 0 Å². The Morgan fingerprint density at radius 1 is 1.04 bits per heavy atom. The van der Waals surface area contributed by atoms with Crippen LogP contribution in [0.25, 0.3) is 10.9 Å². The SMILES string of the molecule is Cn1nc(N2CCC(=O)NC2=O)c2ccc(C3CCN(CC(C)(O)Cc4cccc(S(=O)N5CCC(Nc6ncc(OC(F)F)cn6)CC5)c4)CC3)cc21. The number of nitrogens with one attached hydrogen (secondary N) is 2. The Morgan fingerprint density at radius 3 is 2.48 bits per heavy atom. The van der Waals surface area contributed by atoms with E-state index in [1.807, 2.05) is 48.6 Å². The molecule has 5 heterocycles. The highest BCUT2D eigenvalue weighted by molar-refractivity contribution is 7.82. The third-order valence-corrected chi connectivity index (χ3v) is 11.8. The first-order chi connectivity index (χ1) is 25.9. The maximum atomic E-state index is 13.6. The van der Waals surface area contributed by atoms with E-state index in [0.29, 0.717) is 68.0 Å². The maximum absolute atomic E-state index is 13.6. The first-order valence-corrected chi connectivity index (χ1v) is 19.3. The third kappa shape index (κ3) is 8.86. The fourth-order valence-electron chi connectivity index (χ4n) is 7.69. The van der Waals surface area contributed by atoms with Gasteiger partial charge in [-0.3, -0.25) is 19.7 Å². The summed E-state index contributed by atoms with van der Waals surface area (Å²) in [4.78, 5) is 36.7. The molecule has 3 fully saturated rings. The second-order valence-electron chi connectivity index (χ2n) is 14.6. The molecule has 17 heteroatoms. The Labute approximate surface area is 314 Å². The number of likely N-dealkylation sites (tertiary alicyclic amines) is 1. The second-order valence-corrected chi connectivity index (χ2v) is 16.1. The quantitative estimate of drug-likeness (QED) is 0.191. The zero-order valence-corrected chi connectivity index (χ0v) is 31.1. The van der Waals surface area contributed by atoms with E-state index in [2.05, 4.69) is 47.5 Å². The van der Waals surface area contributed by atoms with E-state index in [0.717, 1.165) is 42.4 Å². The summed E-state index contributed by atoms with van der Waals surface area (Å²) in [5.74, 6) is 0.847. The van der Waals surface area contributed by atoms with Crippen molar-refractivity contribution in [3.63, 3.8) is 0 Å². The van der Waals surface area contributed by atoms with Gasteiger partial charge in [0, 0.05) is 57.5 Å². The number of fused-ring (bicyclic) bond motifs is 1. The first-order valence-electron chi connectivity index (χ1n) is 18.2. The molecule has 3 saturated heterocycles. The lowest BCUT2D eigenvalue weighted by Crippen LogP contribution is -2.49. The van der Waals surface area contributed by atoms with Crippen LogP contribution in [0.1, 0.15) is 56.1 Å². The lowest BCUT2D eigenvalue weighted by atomic mass is 9.88. The molecule has 4 aromatic rings. The van der Waals surface area contributed by atoms with Gasteiger partial charge in [0.05, 0.1) is 28.4 Å². The number of piperidine rings is 2. The van der Waals surface area contributed by atoms with Gasteiger partial charge in [-0.25, -0.2) is 23.3 Å². The van der Waals surface area contributed by atoms with Crippen molar-refractivity contribution in [3.8, 4) is 5.75 Å². The van der Waals surface area contributed by atoms with Crippen molar-refractivity contribution >= 4 is 45.6 Å². The minimum absolute atomic E-state index is 0.0507. The van der Waals surface area contributed by atoms with Crippen LogP contribution >= 0.6 is 0 Å². The van der Waals surface area contributed by atoms with Crippen LogP contribution in [0.3, 0.4) is 0 Å². The van der Waals surface area contributed by atoms with Gasteiger partial charge >= 0.3 is 12.6 Å². The molecule has 0 bridgehead atoms. The molecule has 0 radical (unpaired) electrons. The number of urea groups is 1. The summed E-state index contributed by atoms with van der Waals surface area (Å²) < 4.78 is 46.4. The fourth-order valence-corrected chi connectivity index (χ4v) is 8.98. The van der Waals surface area contributed by atoms with Crippen molar-refractivity contribution in [2.24, 2.45) is 7.05 Å². The standard InChI is InChI=1S/C37H45F2N9O5S/c1-37(51,20-24-4-3-5-29(18-24)54(52)47-15-10-27(11-16-47)42-35-40-21-28(22-41-35)53-34(38)39)23-46-13-8-25(9-14-46)26-6-7-30-31(19-26)45(2)44-33(30)48-17-12-32(49)43-36(48)50/h3-7,18-19,21-22,25,27,34,51H,8-17,20,23H2,1-2H3,(H,40,41,42)(H,43,49,50). The summed E-state index contributed by atoms with van der Waals surface area (Å²) in [7, 11) is 0.499. The molecule has 3 N–H and O–H groups in total. The normalized spacial score (nSPS) is 19.9. The Balaban J connectivity index is 0.890. The fraction of sp³-hybridized carbons (Fsp3) is 0.486. The molecule has 0 spiro atoms. The Kier molecular flexibility index (Phi) is 11.2. The van der Waals surface area contributed by atoms with Crippen molar-refractivity contribution < 1.29 is 32.4 Å². The molecule has 3 aliphatic heterocycles. The smallest absolute Gasteiger partial charge is 0.387 e. The van der Waals surface area contributed by atoms with E-state index in [9.17, 15) is 27.7 Å². The van der Waals surface area contributed by atoms with Gasteiger partial charge in [-0.2, -0.15) is 13.9 Å². The largest absolute Gasteiger partial charge is 0.432 e. The van der Waals surface area contributed by atoms with Gasteiger partial charge < -0.3 is 20.1 Å². The highest BCUT2D eigenvalue weighted by atomic mass is 32.2. The van der Waals surface area contributed by atoms with E-state index in [1.165, 1.54) is 22.9 Å². The van der Waals surface area contributed by atoms with Gasteiger partial charge in [0.25, 0.3) is 0 Å². The van der Waals surface area contributed by atoms with Crippen LogP contribution < -0.4 is 20.3 Å². The molecule has 54 heavy (non-hydrogen) atoms. The van der Waals surface area contributed by atoms with Crippen LogP contribution in [0, 0.1) is 0 Å².